The minimum Gasteiger partial charge on any atom is -0.410 e. The highest BCUT2D eigenvalue weighted by molar-refractivity contribution is 6.70. The highest BCUT2D eigenvalue weighted by atomic mass is 35.5. The fraction of sp³-hybridized carbons (Fsp3) is 0. The normalized spacial score (nSPS) is 11.6. The summed E-state index contributed by atoms with van der Waals surface area (Å²) in [6.07, 6.45) is 0. The first-order chi connectivity index (χ1) is 5.25. The second-order valence-corrected chi connectivity index (χ2v) is 2.64. The van der Waals surface area contributed by atoms with Crippen LogP contribution in [-0.2, 0) is 0 Å². The highest BCUT2D eigenvalue weighted by Gasteiger charge is 2.03. The van der Waals surface area contributed by atoms with Crippen molar-refractivity contribution >= 4 is 28.4 Å². The molecule has 0 atom stereocenters. The van der Waals surface area contributed by atoms with Crippen LogP contribution in [0.15, 0.2) is 29.4 Å². The highest BCUT2D eigenvalue weighted by Crippen LogP contribution is 2.17. The number of hydrogen-bond donors (Lipinski definition) is 1. The van der Waals surface area contributed by atoms with Gasteiger partial charge in [-0.25, -0.2) is 0 Å². The van der Waals surface area contributed by atoms with Crippen LogP contribution in [0.4, 0.5) is 0 Å². The minimum absolute atomic E-state index is 0.00407. The lowest BCUT2D eigenvalue weighted by atomic mass is 10.2. The summed E-state index contributed by atoms with van der Waals surface area (Å²) in [5.74, 6) is 0. The number of nitrogens with zero attached hydrogens (tertiary/aromatic N) is 1. The summed E-state index contributed by atoms with van der Waals surface area (Å²) in [4.78, 5) is 0. The zero-order valence-electron chi connectivity index (χ0n) is 5.46. The molecule has 1 rings (SSSR count). The van der Waals surface area contributed by atoms with Crippen molar-refractivity contribution in [3.8, 4) is 0 Å². The van der Waals surface area contributed by atoms with Crippen LogP contribution in [0.5, 0.6) is 0 Å². The van der Waals surface area contributed by atoms with Gasteiger partial charge in [0.1, 0.15) is 0 Å². The van der Waals surface area contributed by atoms with E-state index in [0.717, 1.165) is 0 Å². The molecule has 0 bridgehead atoms. The summed E-state index contributed by atoms with van der Waals surface area (Å²) in [6, 6.07) is 6.87. The Bertz CT molecular complexity index is 286. The maximum absolute atomic E-state index is 8.31. The predicted molar refractivity (Wildman–Crippen MR) is 45.6 cm³/mol. The summed E-state index contributed by atoms with van der Waals surface area (Å²) >= 11 is 11.2. The minimum atomic E-state index is -0.00407. The molecule has 1 N–H and O–H groups in total. The SMILES string of the molecule is O/N=C(\Cl)c1ccccc1Cl. The van der Waals surface area contributed by atoms with Crippen LogP contribution in [0.3, 0.4) is 0 Å². The average Bonchev–Trinajstić information content (AvgIpc) is 2.04. The summed E-state index contributed by atoms with van der Waals surface area (Å²) < 4.78 is 0. The fourth-order valence-electron chi connectivity index (χ4n) is 0.682. The number of rotatable bonds is 1. The molecule has 11 heavy (non-hydrogen) atoms. The van der Waals surface area contributed by atoms with Gasteiger partial charge in [0.05, 0.1) is 5.02 Å². The molecule has 0 aromatic heterocycles. The Balaban J connectivity index is 3.14. The third-order valence-corrected chi connectivity index (χ3v) is 1.79. The van der Waals surface area contributed by atoms with Crippen LogP contribution in [-0.4, -0.2) is 10.4 Å². The first kappa shape index (κ1) is 8.37. The first-order valence-electron chi connectivity index (χ1n) is 2.88. The van der Waals surface area contributed by atoms with E-state index in [2.05, 4.69) is 5.16 Å². The van der Waals surface area contributed by atoms with E-state index >= 15 is 0 Å². The van der Waals surface area contributed by atoms with Gasteiger partial charge in [-0.2, -0.15) is 0 Å². The van der Waals surface area contributed by atoms with Crippen molar-refractivity contribution < 1.29 is 5.21 Å². The van der Waals surface area contributed by atoms with E-state index in [4.69, 9.17) is 28.4 Å². The van der Waals surface area contributed by atoms with Crippen molar-refractivity contribution in [3.63, 3.8) is 0 Å². The zero-order valence-corrected chi connectivity index (χ0v) is 6.97. The molecule has 1 aromatic rings. The Labute approximate surface area is 74.0 Å². The number of hydrogen-bond acceptors (Lipinski definition) is 2. The van der Waals surface area contributed by atoms with Gasteiger partial charge in [-0.05, 0) is 6.07 Å². The van der Waals surface area contributed by atoms with E-state index in [1.165, 1.54) is 0 Å². The number of oxime groups is 1. The van der Waals surface area contributed by atoms with Crippen LogP contribution in [0.25, 0.3) is 0 Å². The molecule has 0 spiro atoms. The maximum atomic E-state index is 8.31. The Morgan fingerprint density at radius 1 is 1.36 bits per heavy atom. The van der Waals surface area contributed by atoms with Crippen LogP contribution in [0.1, 0.15) is 5.56 Å². The van der Waals surface area contributed by atoms with Crippen LogP contribution in [0, 0.1) is 0 Å². The van der Waals surface area contributed by atoms with Gasteiger partial charge in [-0.1, -0.05) is 46.6 Å². The largest absolute Gasteiger partial charge is 0.410 e. The monoisotopic (exact) mass is 189 g/mol. The zero-order chi connectivity index (χ0) is 8.27. The standard InChI is InChI=1S/C7H5Cl2NO/c8-6-4-2-1-3-5(6)7(9)10-11/h1-4,11H/b10-7-. The molecule has 0 fully saturated rings. The van der Waals surface area contributed by atoms with E-state index in [1.807, 2.05) is 0 Å². The first-order valence-corrected chi connectivity index (χ1v) is 3.63. The molecule has 0 heterocycles. The summed E-state index contributed by atoms with van der Waals surface area (Å²) in [5.41, 5.74) is 0.526. The Kier molecular flexibility index (Phi) is 2.74. The van der Waals surface area contributed by atoms with Gasteiger partial charge in [-0.3, -0.25) is 0 Å². The van der Waals surface area contributed by atoms with Crippen LogP contribution in [0.2, 0.25) is 5.02 Å². The van der Waals surface area contributed by atoms with Crippen molar-refractivity contribution in [2.24, 2.45) is 5.16 Å². The molecular formula is C7H5Cl2NO. The molecule has 0 saturated carbocycles. The average molecular weight is 190 g/mol. The lowest BCUT2D eigenvalue weighted by molar-refractivity contribution is 0.321. The van der Waals surface area contributed by atoms with E-state index < -0.39 is 0 Å². The molecule has 0 aliphatic carbocycles. The van der Waals surface area contributed by atoms with E-state index in [9.17, 15) is 0 Å². The molecule has 0 aliphatic rings. The molecule has 2 nitrogen and oxygen atoms in total. The summed E-state index contributed by atoms with van der Waals surface area (Å²) in [7, 11) is 0. The molecule has 1 aromatic carbocycles. The predicted octanol–water partition coefficient (Wildman–Crippen LogP) is 2.71. The van der Waals surface area contributed by atoms with Gasteiger partial charge in [0, 0.05) is 5.56 Å². The van der Waals surface area contributed by atoms with Gasteiger partial charge in [-0.15, -0.1) is 0 Å². The topological polar surface area (TPSA) is 32.6 Å². The Morgan fingerprint density at radius 2 is 2.00 bits per heavy atom. The summed E-state index contributed by atoms with van der Waals surface area (Å²) in [6.45, 7) is 0. The quantitative estimate of drug-likeness (QED) is 0.412. The second-order valence-electron chi connectivity index (χ2n) is 1.87. The van der Waals surface area contributed by atoms with Gasteiger partial charge in [0.2, 0.25) is 0 Å². The smallest absolute Gasteiger partial charge is 0.176 e. The molecule has 4 heteroatoms. The maximum Gasteiger partial charge on any atom is 0.176 e. The summed E-state index contributed by atoms with van der Waals surface area (Å²) in [5, 5.41) is 11.6. The van der Waals surface area contributed by atoms with E-state index in [1.54, 1.807) is 24.3 Å². The molecule has 0 aliphatic heterocycles. The van der Waals surface area contributed by atoms with Crippen molar-refractivity contribution in [3.05, 3.63) is 34.9 Å². The van der Waals surface area contributed by atoms with Crippen molar-refractivity contribution in [2.75, 3.05) is 0 Å². The third kappa shape index (κ3) is 1.85. The third-order valence-electron chi connectivity index (χ3n) is 1.18. The molecular weight excluding hydrogens is 185 g/mol. The van der Waals surface area contributed by atoms with Gasteiger partial charge in [0.15, 0.2) is 5.17 Å². The molecule has 58 valence electrons. The van der Waals surface area contributed by atoms with Crippen molar-refractivity contribution in [2.45, 2.75) is 0 Å². The Morgan fingerprint density at radius 3 is 2.55 bits per heavy atom. The molecule has 0 radical (unpaired) electrons. The molecule has 0 amide bonds. The number of halogens is 2. The van der Waals surface area contributed by atoms with E-state index in [0.29, 0.717) is 10.6 Å². The number of benzene rings is 1. The van der Waals surface area contributed by atoms with Crippen LogP contribution < -0.4 is 0 Å². The van der Waals surface area contributed by atoms with Crippen molar-refractivity contribution in [1.82, 2.24) is 0 Å². The van der Waals surface area contributed by atoms with Gasteiger partial charge in [0.25, 0.3) is 0 Å². The Hall–Kier alpha value is -0.730. The molecule has 0 saturated heterocycles. The van der Waals surface area contributed by atoms with Crippen LogP contribution >= 0.6 is 23.2 Å². The van der Waals surface area contributed by atoms with Crippen molar-refractivity contribution in [1.29, 1.82) is 0 Å². The van der Waals surface area contributed by atoms with Gasteiger partial charge >= 0.3 is 0 Å². The second kappa shape index (κ2) is 3.60. The van der Waals surface area contributed by atoms with E-state index in [-0.39, 0.29) is 5.17 Å². The fourth-order valence-corrected chi connectivity index (χ4v) is 1.12. The van der Waals surface area contributed by atoms with Gasteiger partial charge < -0.3 is 5.21 Å². The lowest BCUT2D eigenvalue weighted by Crippen LogP contribution is -1.90. The molecule has 0 unspecified atom stereocenters. The lowest BCUT2D eigenvalue weighted by Gasteiger charge is -1.97.